The first-order valence-electron chi connectivity index (χ1n) is 9.53. The van der Waals surface area contributed by atoms with E-state index in [4.69, 9.17) is 0 Å². The van der Waals surface area contributed by atoms with Gasteiger partial charge in [-0.3, -0.25) is 19.1 Å². The van der Waals surface area contributed by atoms with E-state index in [1.807, 2.05) is 6.92 Å². The smallest absolute Gasteiger partial charge is 0.267 e. The summed E-state index contributed by atoms with van der Waals surface area (Å²) in [6, 6.07) is 4.73. The van der Waals surface area contributed by atoms with Crippen molar-refractivity contribution >= 4 is 17.6 Å². The number of carbonyl (C=O) groups excluding carboxylic acids is 2. The van der Waals surface area contributed by atoms with Crippen LogP contribution in [0.25, 0.3) is 0 Å². The lowest BCUT2D eigenvalue weighted by Crippen LogP contribution is -2.60. The average molecular weight is 386 g/mol. The first kappa shape index (κ1) is 19.8. The van der Waals surface area contributed by atoms with Crippen LogP contribution >= 0.6 is 0 Å². The summed E-state index contributed by atoms with van der Waals surface area (Å²) in [4.78, 5) is 39.6. The van der Waals surface area contributed by atoms with Crippen molar-refractivity contribution in [2.45, 2.75) is 58.7 Å². The van der Waals surface area contributed by atoms with Crippen LogP contribution in [0.15, 0.2) is 29.2 Å². The second-order valence-electron chi connectivity index (χ2n) is 7.26. The molecule has 150 valence electrons. The van der Waals surface area contributed by atoms with Gasteiger partial charge < -0.3 is 10.2 Å². The van der Waals surface area contributed by atoms with E-state index in [9.17, 15) is 14.4 Å². The standard InChI is InChI=1S/C19H26N6O3/c1-4-23-12-9-15(22-23)20-18(28)19(3)10-5-6-11-24(19)17(27)13-25-16(26)8-7-14(2)21-25/h7-9,12H,4-6,10-11,13H2,1-3H3,(H,20,22,28). The minimum absolute atomic E-state index is 0.187. The SMILES string of the molecule is CCn1ccc(NC(=O)C2(C)CCCCN2C(=O)Cn2nc(C)ccc2=O)n1. The van der Waals surface area contributed by atoms with Gasteiger partial charge in [-0.05, 0) is 46.1 Å². The average Bonchev–Trinajstić information content (AvgIpc) is 3.12. The van der Waals surface area contributed by atoms with Crippen molar-refractivity contribution in [3.63, 3.8) is 0 Å². The van der Waals surface area contributed by atoms with Crippen molar-refractivity contribution < 1.29 is 9.59 Å². The number of nitrogens with one attached hydrogen (secondary N) is 1. The molecule has 9 heteroatoms. The lowest BCUT2D eigenvalue weighted by Gasteiger charge is -2.43. The fourth-order valence-corrected chi connectivity index (χ4v) is 3.49. The highest BCUT2D eigenvalue weighted by atomic mass is 16.2. The molecule has 9 nitrogen and oxygen atoms in total. The zero-order valence-electron chi connectivity index (χ0n) is 16.5. The summed E-state index contributed by atoms with van der Waals surface area (Å²) in [6.07, 6.45) is 4.00. The number of rotatable bonds is 5. The first-order chi connectivity index (χ1) is 13.3. The molecular formula is C19H26N6O3. The van der Waals surface area contributed by atoms with Gasteiger partial charge in [0.1, 0.15) is 12.1 Å². The highest BCUT2D eigenvalue weighted by Gasteiger charge is 2.44. The van der Waals surface area contributed by atoms with Crippen molar-refractivity contribution in [3.05, 3.63) is 40.4 Å². The minimum Gasteiger partial charge on any atom is -0.327 e. The Morgan fingerprint density at radius 3 is 2.71 bits per heavy atom. The Kier molecular flexibility index (Phi) is 5.62. The number of hydrogen-bond acceptors (Lipinski definition) is 5. The fourth-order valence-electron chi connectivity index (χ4n) is 3.49. The number of aryl methyl sites for hydroxylation is 2. The van der Waals surface area contributed by atoms with E-state index >= 15 is 0 Å². The van der Waals surface area contributed by atoms with Crippen molar-refractivity contribution in [3.8, 4) is 0 Å². The van der Waals surface area contributed by atoms with Gasteiger partial charge in [0, 0.05) is 31.4 Å². The van der Waals surface area contributed by atoms with Crippen molar-refractivity contribution in [1.82, 2.24) is 24.5 Å². The quantitative estimate of drug-likeness (QED) is 0.831. The van der Waals surface area contributed by atoms with Crippen LogP contribution in [-0.2, 0) is 22.7 Å². The van der Waals surface area contributed by atoms with Gasteiger partial charge in [0.05, 0.1) is 5.69 Å². The number of carbonyl (C=O) groups is 2. The van der Waals surface area contributed by atoms with Crippen LogP contribution in [0.1, 0.15) is 38.8 Å². The van der Waals surface area contributed by atoms with Crippen molar-refractivity contribution in [2.24, 2.45) is 0 Å². The number of nitrogens with zero attached hydrogens (tertiary/aromatic N) is 5. The third-order valence-electron chi connectivity index (χ3n) is 5.17. The summed E-state index contributed by atoms with van der Waals surface area (Å²) in [6.45, 7) is 6.47. The monoisotopic (exact) mass is 386 g/mol. The molecule has 2 aromatic rings. The first-order valence-corrected chi connectivity index (χ1v) is 9.53. The molecule has 2 aromatic heterocycles. The van der Waals surface area contributed by atoms with E-state index in [0.29, 0.717) is 31.0 Å². The molecule has 0 saturated carbocycles. The van der Waals surface area contributed by atoms with Crippen LogP contribution in [0, 0.1) is 6.92 Å². The van der Waals surface area contributed by atoms with E-state index < -0.39 is 5.54 Å². The van der Waals surface area contributed by atoms with Crippen LogP contribution in [0.3, 0.4) is 0 Å². The third-order valence-corrected chi connectivity index (χ3v) is 5.17. The van der Waals surface area contributed by atoms with E-state index in [-0.39, 0.29) is 23.9 Å². The predicted molar refractivity (Wildman–Crippen MR) is 104 cm³/mol. The zero-order chi connectivity index (χ0) is 20.3. The fraction of sp³-hybridized carbons (Fsp3) is 0.526. The molecule has 3 rings (SSSR count). The number of anilines is 1. The summed E-state index contributed by atoms with van der Waals surface area (Å²) in [5.74, 6) is -0.106. The van der Waals surface area contributed by atoms with Gasteiger partial charge in [-0.2, -0.15) is 10.2 Å². The maximum atomic E-state index is 13.0. The number of aromatic nitrogens is 4. The molecular weight excluding hydrogens is 360 g/mol. The predicted octanol–water partition coefficient (Wildman–Crippen LogP) is 1.18. The van der Waals surface area contributed by atoms with E-state index in [1.54, 1.807) is 41.8 Å². The Labute approximate surface area is 163 Å². The van der Waals surface area contributed by atoms with E-state index in [2.05, 4.69) is 15.5 Å². The second-order valence-corrected chi connectivity index (χ2v) is 7.26. The Balaban J connectivity index is 1.79. The Morgan fingerprint density at radius 2 is 2.00 bits per heavy atom. The maximum Gasteiger partial charge on any atom is 0.267 e. The lowest BCUT2D eigenvalue weighted by atomic mass is 9.87. The molecule has 1 unspecified atom stereocenters. The highest BCUT2D eigenvalue weighted by Crippen LogP contribution is 2.29. The van der Waals surface area contributed by atoms with Crippen molar-refractivity contribution in [2.75, 3.05) is 11.9 Å². The zero-order valence-corrected chi connectivity index (χ0v) is 16.5. The number of likely N-dealkylation sites (tertiary alicyclic amines) is 1. The van der Waals surface area contributed by atoms with Gasteiger partial charge in [-0.15, -0.1) is 0 Å². The molecule has 1 aliphatic rings. The Bertz CT molecular complexity index is 934. The molecule has 0 bridgehead atoms. The Morgan fingerprint density at radius 1 is 1.21 bits per heavy atom. The molecule has 1 fully saturated rings. The number of hydrogen-bond donors (Lipinski definition) is 1. The lowest BCUT2D eigenvalue weighted by molar-refractivity contribution is -0.147. The molecule has 0 aliphatic carbocycles. The number of piperidine rings is 1. The Hall–Kier alpha value is -2.97. The molecule has 1 N–H and O–H groups in total. The van der Waals surface area contributed by atoms with Gasteiger partial charge in [0.25, 0.3) is 11.5 Å². The summed E-state index contributed by atoms with van der Waals surface area (Å²) >= 11 is 0. The van der Waals surface area contributed by atoms with Gasteiger partial charge in [-0.1, -0.05) is 0 Å². The van der Waals surface area contributed by atoms with Gasteiger partial charge in [0.2, 0.25) is 5.91 Å². The minimum atomic E-state index is -1.00. The van der Waals surface area contributed by atoms with Crippen molar-refractivity contribution in [1.29, 1.82) is 0 Å². The van der Waals surface area contributed by atoms with Crippen LogP contribution < -0.4 is 10.9 Å². The molecule has 0 aromatic carbocycles. The van der Waals surface area contributed by atoms with Gasteiger partial charge >= 0.3 is 0 Å². The van der Waals surface area contributed by atoms with Crippen LogP contribution in [0.5, 0.6) is 0 Å². The van der Waals surface area contributed by atoms with Gasteiger partial charge in [-0.25, -0.2) is 4.68 Å². The normalized spacial score (nSPS) is 19.5. The molecule has 0 radical (unpaired) electrons. The summed E-state index contributed by atoms with van der Waals surface area (Å²) in [5, 5.41) is 11.2. The summed E-state index contributed by atoms with van der Waals surface area (Å²) < 4.78 is 2.87. The van der Waals surface area contributed by atoms with Crippen LogP contribution in [0.4, 0.5) is 5.82 Å². The molecule has 0 spiro atoms. The molecule has 1 saturated heterocycles. The summed E-state index contributed by atoms with van der Waals surface area (Å²) in [5.41, 5.74) is -0.691. The van der Waals surface area contributed by atoms with Crippen LogP contribution in [-0.4, -0.2) is 48.4 Å². The van der Waals surface area contributed by atoms with E-state index in [1.165, 1.54) is 6.07 Å². The largest absolute Gasteiger partial charge is 0.327 e. The molecule has 3 heterocycles. The van der Waals surface area contributed by atoms with Crippen LogP contribution in [0.2, 0.25) is 0 Å². The molecule has 2 amide bonds. The molecule has 1 aliphatic heterocycles. The van der Waals surface area contributed by atoms with Gasteiger partial charge in [0.15, 0.2) is 5.82 Å². The molecule has 28 heavy (non-hydrogen) atoms. The molecule has 1 atom stereocenters. The highest BCUT2D eigenvalue weighted by molar-refractivity contribution is 5.99. The topological polar surface area (TPSA) is 102 Å². The third kappa shape index (κ3) is 3.97. The maximum absolute atomic E-state index is 13.0. The summed E-state index contributed by atoms with van der Waals surface area (Å²) in [7, 11) is 0. The number of amides is 2. The second kappa shape index (κ2) is 7.95. The van der Waals surface area contributed by atoms with E-state index in [0.717, 1.165) is 17.5 Å².